The van der Waals surface area contributed by atoms with Crippen LogP contribution in [0.4, 0.5) is 0 Å². The molecule has 0 aromatic rings. The summed E-state index contributed by atoms with van der Waals surface area (Å²) in [5.41, 5.74) is 0.508. The number of hydrogen-bond donors (Lipinski definition) is 2. The maximum Gasteiger partial charge on any atom is 0.247 e. The molecule has 0 aliphatic carbocycles. The normalized spacial score (nSPS) is 12.1. The molecule has 0 fully saturated rings. The van der Waals surface area contributed by atoms with Crippen LogP contribution < -0.4 is 10.5 Å². The van der Waals surface area contributed by atoms with E-state index in [0.29, 0.717) is 5.57 Å². The largest absolute Gasteiger partial charge is 0.351 e. The molecule has 1 amide bonds. The van der Waals surface area contributed by atoms with Gasteiger partial charge in [0.2, 0.25) is 15.9 Å². The van der Waals surface area contributed by atoms with Crippen LogP contribution >= 0.6 is 0 Å². The third-order valence-electron chi connectivity index (χ3n) is 1.80. The molecule has 0 unspecified atom stereocenters. The Labute approximate surface area is 101 Å². The zero-order chi connectivity index (χ0) is 13.6. The van der Waals surface area contributed by atoms with Gasteiger partial charge in [-0.05, 0) is 25.5 Å². The van der Waals surface area contributed by atoms with Crippen LogP contribution in [0.2, 0.25) is 0 Å². The van der Waals surface area contributed by atoms with Crippen molar-refractivity contribution >= 4 is 21.7 Å². The second kappa shape index (κ2) is 6.31. The van der Waals surface area contributed by atoms with E-state index >= 15 is 0 Å². The quantitative estimate of drug-likeness (QED) is 0.627. The van der Waals surface area contributed by atoms with Crippen molar-refractivity contribution in [2.45, 2.75) is 13.8 Å². The molecular weight excluding hydrogens is 244 g/mol. The van der Waals surface area contributed by atoms with Crippen LogP contribution in [-0.2, 0) is 19.6 Å². The number of nitrogens with two attached hydrogens (primary N) is 1. The van der Waals surface area contributed by atoms with Gasteiger partial charge in [0, 0.05) is 12.1 Å². The van der Waals surface area contributed by atoms with Gasteiger partial charge in [0.1, 0.15) is 0 Å². The average Bonchev–Trinajstić information content (AvgIpc) is 2.15. The van der Waals surface area contributed by atoms with Crippen LogP contribution in [-0.4, -0.2) is 32.4 Å². The Hall–Kier alpha value is -1.47. The molecule has 0 saturated heterocycles. The number of carbonyl (C=O) groups excluding carboxylic acids is 2. The maximum atomic E-state index is 11.4. The van der Waals surface area contributed by atoms with Crippen LogP contribution in [0, 0.1) is 0 Å². The Kier molecular flexibility index (Phi) is 5.77. The van der Waals surface area contributed by atoms with E-state index in [1.165, 1.54) is 13.8 Å². The van der Waals surface area contributed by atoms with Gasteiger partial charge in [-0.15, -0.1) is 0 Å². The average molecular weight is 260 g/mol. The highest BCUT2D eigenvalue weighted by atomic mass is 32.2. The molecule has 0 heterocycles. The minimum atomic E-state index is -3.60. The molecule has 0 saturated carbocycles. The second-order valence-corrected chi connectivity index (χ2v) is 5.33. The number of rotatable bonds is 6. The van der Waals surface area contributed by atoms with Crippen molar-refractivity contribution in [1.82, 2.24) is 5.32 Å². The first kappa shape index (κ1) is 15.5. The van der Waals surface area contributed by atoms with Gasteiger partial charge < -0.3 is 5.32 Å². The lowest BCUT2D eigenvalue weighted by atomic mass is 10.1. The summed E-state index contributed by atoms with van der Waals surface area (Å²) in [6.45, 7) is 6.33. The van der Waals surface area contributed by atoms with Gasteiger partial charge in [-0.25, -0.2) is 13.6 Å². The Bertz CT molecular complexity index is 463. The number of carbonyl (C=O) groups is 2. The number of nitrogens with one attached hydrogen (secondary N) is 1. The highest BCUT2D eigenvalue weighted by Crippen LogP contribution is 1.98. The lowest BCUT2D eigenvalue weighted by molar-refractivity contribution is -0.118. The van der Waals surface area contributed by atoms with Gasteiger partial charge in [0.25, 0.3) is 0 Å². The number of hydrogen-bond acceptors (Lipinski definition) is 4. The molecule has 96 valence electrons. The van der Waals surface area contributed by atoms with E-state index in [-0.39, 0.29) is 23.7 Å². The predicted octanol–water partition coefficient (Wildman–Crippen LogP) is -0.517. The SMILES string of the molecule is C=C(C)C(=O)C=C(C)C(=O)NCCS(N)(=O)=O. The molecule has 3 N–H and O–H groups in total. The summed E-state index contributed by atoms with van der Waals surface area (Å²) in [6.07, 6.45) is 1.15. The van der Waals surface area contributed by atoms with E-state index in [4.69, 9.17) is 5.14 Å². The molecular formula is C10H16N2O4S. The van der Waals surface area contributed by atoms with Crippen molar-refractivity contribution in [2.24, 2.45) is 5.14 Å². The second-order valence-electron chi connectivity index (χ2n) is 3.59. The zero-order valence-corrected chi connectivity index (χ0v) is 10.6. The van der Waals surface area contributed by atoms with Crippen molar-refractivity contribution in [3.63, 3.8) is 0 Å². The van der Waals surface area contributed by atoms with E-state index < -0.39 is 15.9 Å². The summed E-state index contributed by atoms with van der Waals surface area (Å²) in [7, 11) is -3.60. The zero-order valence-electron chi connectivity index (χ0n) is 9.82. The van der Waals surface area contributed by atoms with Gasteiger partial charge in [-0.1, -0.05) is 6.58 Å². The number of ketones is 1. The summed E-state index contributed by atoms with van der Waals surface area (Å²) in [5, 5.41) is 7.09. The van der Waals surface area contributed by atoms with Crippen molar-refractivity contribution in [2.75, 3.05) is 12.3 Å². The molecule has 0 bridgehead atoms. The molecule has 0 aliphatic rings. The molecule has 0 atom stereocenters. The first-order valence-electron chi connectivity index (χ1n) is 4.80. The first-order chi connectivity index (χ1) is 7.63. The van der Waals surface area contributed by atoms with Crippen molar-refractivity contribution in [1.29, 1.82) is 0 Å². The minimum absolute atomic E-state index is 0.0931. The third kappa shape index (κ3) is 7.42. The number of primary sulfonamides is 1. The minimum Gasteiger partial charge on any atom is -0.351 e. The van der Waals surface area contributed by atoms with E-state index in [0.717, 1.165) is 6.08 Å². The molecule has 0 spiro atoms. The summed E-state index contributed by atoms with van der Waals surface area (Å²) < 4.78 is 21.2. The Morgan fingerprint density at radius 3 is 2.29 bits per heavy atom. The van der Waals surface area contributed by atoms with E-state index in [1.54, 1.807) is 0 Å². The summed E-state index contributed by atoms with van der Waals surface area (Å²) >= 11 is 0. The summed E-state index contributed by atoms with van der Waals surface area (Å²) in [4.78, 5) is 22.6. The number of amides is 1. The van der Waals surface area contributed by atoms with Crippen LogP contribution in [0.5, 0.6) is 0 Å². The third-order valence-corrected chi connectivity index (χ3v) is 2.57. The first-order valence-corrected chi connectivity index (χ1v) is 6.52. The van der Waals surface area contributed by atoms with E-state index in [1.807, 2.05) is 0 Å². The van der Waals surface area contributed by atoms with Gasteiger partial charge in [-0.2, -0.15) is 0 Å². The van der Waals surface area contributed by atoms with Crippen molar-refractivity contribution in [3.05, 3.63) is 23.8 Å². The summed E-state index contributed by atoms with van der Waals surface area (Å²) in [6, 6.07) is 0. The lowest BCUT2D eigenvalue weighted by Crippen LogP contribution is -2.32. The van der Waals surface area contributed by atoms with E-state index in [2.05, 4.69) is 11.9 Å². The highest BCUT2D eigenvalue weighted by molar-refractivity contribution is 7.89. The van der Waals surface area contributed by atoms with Crippen LogP contribution in [0.25, 0.3) is 0 Å². The predicted molar refractivity (Wildman–Crippen MR) is 64.6 cm³/mol. The fourth-order valence-electron chi connectivity index (χ4n) is 0.832. The van der Waals surface area contributed by atoms with Gasteiger partial charge in [-0.3, -0.25) is 9.59 Å². The van der Waals surface area contributed by atoms with E-state index in [9.17, 15) is 18.0 Å². The van der Waals surface area contributed by atoms with Gasteiger partial charge in [0.15, 0.2) is 5.78 Å². The number of allylic oxidation sites excluding steroid dienone is 2. The fraction of sp³-hybridized carbons (Fsp3) is 0.400. The van der Waals surface area contributed by atoms with Crippen LogP contribution in [0.15, 0.2) is 23.8 Å². The molecule has 0 rings (SSSR count). The van der Waals surface area contributed by atoms with Crippen molar-refractivity contribution < 1.29 is 18.0 Å². The molecule has 0 radical (unpaired) electrons. The topological polar surface area (TPSA) is 106 Å². The van der Waals surface area contributed by atoms with Crippen LogP contribution in [0.1, 0.15) is 13.8 Å². The molecule has 0 aromatic carbocycles. The molecule has 0 aromatic heterocycles. The Balaban J connectivity index is 4.34. The van der Waals surface area contributed by atoms with Gasteiger partial charge in [0.05, 0.1) is 5.75 Å². The molecule has 6 nitrogen and oxygen atoms in total. The van der Waals surface area contributed by atoms with Gasteiger partial charge >= 0.3 is 0 Å². The maximum absolute atomic E-state index is 11.4. The Morgan fingerprint density at radius 1 is 1.35 bits per heavy atom. The molecule has 17 heavy (non-hydrogen) atoms. The fourth-order valence-corrected chi connectivity index (χ4v) is 1.22. The summed E-state index contributed by atoms with van der Waals surface area (Å²) in [5.74, 6) is -1.20. The smallest absolute Gasteiger partial charge is 0.247 e. The van der Waals surface area contributed by atoms with Crippen LogP contribution in [0.3, 0.4) is 0 Å². The standard InChI is InChI=1S/C10H16N2O4S/c1-7(2)9(13)6-8(3)10(14)12-4-5-17(11,15)16/h6H,1,4-5H2,2-3H3,(H,12,14)(H2,11,15,16). The monoisotopic (exact) mass is 260 g/mol. The number of sulfonamides is 1. The highest BCUT2D eigenvalue weighted by Gasteiger charge is 2.08. The molecule has 0 aliphatic heterocycles. The van der Waals surface area contributed by atoms with Crippen molar-refractivity contribution in [3.8, 4) is 0 Å². The lowest BCUT2D eigenvalue weighted by Gasteiger charge is -2.04. The Morgan fingerprint density at radius 2 is 1.88 bits per heavy atom. The molecule has 7 heteroatoms.